The van der Waals surface area contributed by atoms with Gasteiger partial charge < -0.3 is 10.2 Å². The molecule has 1 atom stereocenters. The second kappa shape index (κ2) is 6.31. The fraction of sp³-hybridized carbons (Fsp3) is 0.467. The summed E-state index contributed by atoms with van der Waals surface area (Å²) in [5.74, 6) is 0.388. The molecule has 1 saturated heterocycles. The number of nitrogens with zero attached hydrogens (tertiary/aromatic N) is 5. The number of aromatic nitrogens is 4. The lowest BCUT2D eigenvalue weighted by Crippen LogP contribution is -2.24. The average molecular weight is 318 g/mol. The van der Waals surface area contributed by atoms with E-state index in [1.807, 2.05) is 22.7 Å². The first-order valence-electron chi connectivity index (χ1n) is 7.65. The molecule has 3 heterocycles. The fourth-order valence-corrected chi connectivity index (χ4v) is 2.80. The van der Waals surface area contributed by atoms with Gasteiger partial charge in [0.1, 0.15) is 6.33 Å². The number of hydrogen-bond donors (Lipinski definition) is 1. The third kappa shape index (κ3) is 3.15. The van der Waals surface area contributed by atoms with E-state index in [9.17, 15) is 9.18 Å². The number of nitrogens with one attached hydrogen (secondary N) is 1. The number of hydrogen-bond acceptors (Lipinski definition) is 5. The molecule has 2 aromatic heterocycles. The summed E-state index contributed by atoms with van der Waals surface area (Å²) in [4.78, 5) is 21.0. The Balaban J connectivity index is 1.73. The predicted molar refractivity (Wildman–Crippen MR) is 83.8 cm³/mol. The number of carbonyl (C=O) groups excluding carboxylic acids is 1. The van der Waals surface area contributed by atoms with Gasteiger partial charge in [-0.3, -0.25) is 9.48 Å². The van der Waals surface area contributed by atoms with Gasteiger partial charge in [0.15, 0.2) is 17.5 Å². The van der Waals surface area contributed by atoms with E-state index in [4.69, 9.17) is 0 Å². The second-order valence-electron chi connectivity index (χ2n) is 5.56. The highest BCUT2D eigenvalue weighted by atomic mass is 19.1. The van der Waals surface area contributed by atoms with E-state index >= 15 is 0 Å². The van der Waals surface area contributed by atoms with Crippen molar-refractivity contribution in [1.29, 1.82) is 0 Å². The molecule has 0 aliphatic carbocycles. The molecule has 8 heteroatoms. The van der Waals surface area contributed by atoms with Crippen molar-refractivity contribution in [3.63, 3.8) is 0 Å². The third-order valence-corrected chi connectivity index (χ3v) is 3.93. The van der Waals surface area contributed by atoms with E-state index in [2.05, 4.69) is 20.4 Å². The summed E-state index contributed by atoms with van der Waals surface area (Å²) in [5, 5.41) is 7.00. The minimum atomic E-state index is -0.338. The maximum Gasteiger partial charge on any atom is 0.222 e. The Morgan fingerprint density at radius 1 is 1.48 bits per heavy atom. The third-order valence-electron chi connectivity index (χ3n) is 3.93. The van der Waals surface area contributed by atoms with Crippen molar-refractivity contribution in [2.24, 2.45) is 0 Å². The second-order valence-corrected chi connectivity index (χ2v) is 5.56. The first-order chi connectivity index (χ1) is 11.1. The van der Waals surface area contributed by atoms with E-state index in [1.165, 1.54) is 13.3 Å². The Bertz CT molecular complexity index is 716. The van der Waals surface area contributed by atoms with Crippen molar-refractivity contribution in [2.75, 3.05) is 23.3 Å². The highest BCUT2D eigenvalue weighted by Gasteiger charge is 2.28. The van der Waals surface area contributed by atoms with Crippen LogP contribution in [0, 0.1) is 5.82 Å². The summed E-state index contributed by atoms with van der Waals surface area (Å²) < 4.78 is 16.2. The van der Waals surface area contributed by atoms with Crippen molar-refractivity contribution in [2.45, 2.75) is 32.7 Å². The molecule has 0 spiro atoms. The van der Waals surface area contributed by atoms with Crippen LogP contribution >= 0.6 is 0 Å². The van der Waals surface area contributed by atoms with Gasteiger partial charge in [0, 0.05) is 32.3 Å². The molecule has 7 nitrogen and oxygen atoms in total. The molecule has 1 fully saturated rings. The fourth-order valence-electron chi connectivity index (χ4n) is 2.80. The minimum Gasteiger partial charge on any atom is -0.352 e. The molecule has 1 aliphatic rings. The largest absolute Gasteiger partial charge is 0.352 e. The Labute approximate surface area is 133 Å². The Kier molecular flexibility index (Phi) is 4.22. The number of anilines is 2. The minimum absolute atomic E-state index is 0.122. The van der Waals surface area contributed by atoms with E-state index in [0.717, 1.165) is 6.42 Å². The smallest absolute Gasteiger partial charge is 0.222 e. The lowest BCUT2D eigenvalue weighted by molar-refractivity contribution is -0.114. The molecule has 0 bridgehead atoms. The van der Waals surface area contributed by atoms with Crippen LogP contribution in [0.5, 0.6) is 0 Å². The number of aryl methyl sites for hydroxylation is 1. The van der Waals surface area contributed by atoms with Crippen LogP contribution in [0.15, 0.2) is 18.6 Å². The maximum atomic E-state index is 14.4. The highest BCUT2D eigenvalue weighted by molar-refractivity contribution is 5.87. The topological polar surface area (TPSA) is 75.9 Å². The lowest BCUT2D eigenvalue weighted by Gasteiger charge is -2.18. The van der Waals surface area contributed by atoms with Gasteiger partial charge in [-0.15, -0.1) is 0 Å². The molecule has 1 amide bonds. The molecule has 0 unspecified atom stereocenters. The van der Waals surface area contributed by atoms with Gasteiger partial charge >= 0.3 is 0 Å². The van der Waals surface area contributed by atoms with Crippen LogP contribution in [0.1, 0.15) is 32.0 Å². The van der Waals surface area contributed by atoms with E-state index in [1.54, 1.807) is 6.07 Å². The van der Waals surface area contributed by atoms with Crippen molar-refractivity contribution in [1.82, 2.24) is 19.7 Å². The van der Waals surface area contributed by atoms with Gasteiger partial charge in [0.2, 0.25) is 5.91 Å². The van der Waals surface area contributed by atoms with Crippen molar-refractivity contribution in [3.8, 4) is 0 Å². The summed E-state index contributed by atoms with van der Waals surface area (Å²) in [6.07, 6.45) is 4.62. The molecule has 1 N–H and O–H groups in total. The van der Waals surface area contributed by atoms with E-state index in [0.29, 0.717) is 36.8 Å². The molecule has 2 aromatic rings. The standard InChI is InChI=1S/C15H19FN6O/c1-3-12-14(16)15(18-9-17-12)21-6-4-11(8-21)22-7-5-13(20-22)19-10(2)23/h5,7,9,11H,3-4,6,8H2,1-2H3,(H,19,20,23)/t11-/m1/s1. The molecule has 0 saturated carbocycles. The van der Waals surface area contributed by atoms with Gasteiger partial charge in [0.25, 0.3) is 0 Å². The first-order valence-corrected chi connectivity index (χ1v) is 7.65. The van der Waals surface area contributed by atoms with Crippen molar-refractivity contribution >= 4 is 17.5 Å². The molecule has 0 radical (unpaired) electrons. The first kappa shape index (κ1) is 15.4. The van der Waals surface area contributed by atoms with Gasteiger partial charge in [-0.1, -0.05) is 6.92 Å². The van der Waals surface area contributed by atoms with Crippen LogP contribution in [-0.4, -0.2) is 38.7 Å². The van der Waals surface area contributed by atoms with Crippen LogP contribution in [0.4, 0.5) is 16.0 Å². The van der Waals surface area contributed by atoms with Crippen LogP contribution < -0.4 is 10.2 Å². The monoisotopic (exact) mass is 318 g/mol. The normalized spacial score (nSPS) is 17.5. The summed E-state index contributed by atoms with van der Waals surface area (Å²) in [6.45, 7) is 4.64. The van der Waals surface area contributed by atoms with Gasteiger partial charge in [-0.25, -0.2) is 14.4 Å². The van der Waals surface area contributed by atoms with Gasteiger partial charge in [-0.2, -0.15) is 5.10 Å². The average Bonchev–Trinajstić information content (AvgIpc) is 3.16. The maximum absolute atomic E-state index is 14.4. The Hall–Kier alpha value is -2.51. The highest BCUT2D eigenvalue weighted by Crippen LogP contribution is 2.28. The van der Waals surface area contributed by atoms with Gasteiger partial charge in [-0.05, 0) is 12.8 Å². The number of amides is 1. The van der Waals surface area contributed by atoms with Crippen LogP contribution in [0.3, 0.4) is 0 Å². The Morgan fingerprint density at radius 2 is 2.30 bits per heavy atom. The molecule has 122 valence electrons. The van der Waals surface area contributed by atoms with Crippen LogP contribution in [0.25, 0.3) is 0 Å². The molecular formula is C15H19FN6O. The van der Waals surface area contributed by atoms with Crippen molar-refractivity contribution < 1.29 is 9.18 Å². The van der Waals surface area contributed by atoms with Crippen LogP contribution in [-0.2, 0) is 11.2 Å². The predicted octanol–water partition coefficient (Wildman–Crippen LogP) is 1.78. The van der Waals surface area contributed by atoms with E-state index < -0.39 is 0 Å². The SMILES string of the molecule is CCc1ncnc(N2CC[C@@H](n3ccc(NC(C)=O)n3)C2)c1F. The zero-order chi connectivity index (χ0) is 16.4. The molecule has 0 aromatic carbocycles. The van der Waals surface area contributed by atoms with E-state index in [-0.39, 0.29) is 17.8 Å². The molecule has 1 aliphatic heterocycles. The van der Waals surface area contributed by atoms with Gasteiger partial charge in [0.05, 0.1) is 11.7 Å². The molecule has 3 rings (SSSR count). The molecular weight excluding hydrogens is 299 g/mol. The molecule has 23 heavy (non-hydrogen) atoms. The zero-order valence-corrected chi connectivity index (χ0v) is 13.2. The quantitative estimate of drug-likeness (QED) is 0.930. The summed E-state index contributed by atoms with van der Waals surface area (Å²) in [7, 11) is 0. The van der Waals surface area contributed by atoms with Crippen molar-refractivity contribution in [3.05, 3.63) is 30.1 Å². The summed E-state index contributed by atoms with van der Waals surface area (Å²) in [5.41, 5.74) is 0.436. The Morgan fingerprint density at radius 3 is 3.04 bits per heavy atom. The number of carbonyl (C=O) groups is 1. The lowest BCUT2D eigenvalue weighted by atomic mass is 10.3. The number of rotatable bonds is 4. The number of halogens is 1. The summed E-state index contributed by atoms with van der Waals surface area (Å²) in [6, 6.07) is 1.88. The van der Waals surface area contributed by atoms with Crippen LogP contribution in [0.2, 0.25) is 0 Å². The summed E-state index contributed by atoms with van der Waals surface area (Å²) >= 11 is 0. The zero-order valence-electron chi connectivity index (χ0n) is 13.2.